The van der Waals surface area contributed by atoms with Crippen molar-refractivity contribution in [2.24, 2.45) is 11.3 Å². The average Bonchev–Trinajstić information content (AvgIpc) is 3.28. The molecule has 0 bridgehead atoms. The second kappa shape index (κ2) is 4.82. The van der Waals surface area contributed by atoms with Gasteiger partial charge in [0.05, 0.1) is 11.6 Å². The van der Waals surface area contributed by atoms with Crippen LogP contribution < -0.4 is 10.1 Å². The Hall–Kier alpha value is -1.03. The molecule has 0 heterocycles. The summed E-state index contributed by atoms with van der Waals surface area (Å²) >= 11 is 3.41. The fraction of sp³-hybridized carbons (Fsp3) is 0.533. The number of nitrogens with one attached hydrogen (secondary N) is 1. The Labute approximate surface area is 121 Å². The minimum atomic E-state index is 0.00952. The van der Waals surface area contributed by atoms with Crippen LogP contribution in [0.4, 0.5) is 0 Å². The topological polar surface area (TPSA) is 38.3 Å². The van der Waals surface area contributed by atoms with Crippen molar-refractivity contribution >= 4 is 21.8 Å². The first kappa shape index (κ1) is 13.0. The molecular formula is C15H18BrNO2. The first-order valence-electron chi connectivity index (χ1n) is 6.76. The molecule has 2 saturated carbocycles. The molecule has 1 amide bonds. The Bertz CT molecular complexity index is 507. The van der Waals surface area contributed by atoms with Gasteiger partial charge in [-0.3, -0.25) is 4.79 Å². The van der Waals surface area contributed by atoms with Gasteiger partial charge in [0.25, 0.3) is 5.91 Å². The molecule has 19 heavy (non-hydrogen) atoms. The average molecular weight is 324 g/mol. The van der Waals surface area contributed by atoms with E-state index in [1.165, 1.54) is 25.7 Å². The maximum absolute atomic E-state index is 12.1. The monoisotopic (exact) mass is 323 g/mol. The van der Waals surface area contributed by atoms with Crippen molar-refractivity contribution in [2.45, 2.75) is 25.7 Å². The van der Waals surface area contributed by atoms with Crippen LogP contribution in [0.15, 0.2) is 22.7 Å². The zero-order chi connectivity index (χ0) is 13.5. The number of methoxy groups -OCH3 is 1. The lowest BCUT2D eigenvalue weighted by Crippen LogP contribution is -2.31. The van der Waals surface area contributed by atoms with Crippen molar-refractivity contribution in [1.29, 1.82) is 0 Å². The zero-order valence-corrected chi connectivity index (χ0v) is 12.6. The highest BCUT2D eigenvalue weighted by Gasteiger charge is 2.53. The summed E-state index contributed by atoms with van der Waals surface area (Å²) in [5.74, 6) is 1.62. The largest absolute Gasteiger partial charge is 0.496 e. The second-order valence-corrected chi connectivity index (χ2v) is 6.52. The lowest BCUT2D eigenvalue weighted by molar-refractivity contribution is 0.0942. The fourth-order valence-electron chi connectivity index (χ4n) is 2.75. The van der Waals surface area contributed by atoms with E-state index in [2.05, 4.69) is 21.2 Å². The van der Waals surface area contributed by atoms with E-state index in [0.29, 0.717) is 11.0 Å². The van der Waals surface area contributed by atoms with Gasteiger partial charge >= 0.3 is 0 Å². The van der Waals surface area contributed by atoms with Crippen LogP contribution in [0.2, 0.25) is 0 Å². The number of hydrogen-bond acceptors (Lipinski definition) is 2. The maximum atomic E-state index is 12.1. The van der Waals surface area contributed by atoms with E-state index in [1.807, 2.05) is 12.1 Å². The number of halogens is 1. The molecule has 1 aromatic rings. The van der Waals surface area contributed by atoms with E-state index in [4.69, 9.17) is 4.74 Å². The predicted molar refractivity (Wildman–Crippen MR) is 77.4 cm³/mol. The van der Waals surface area contributed by atoms with E-state index in [0.717, 1.165) is 22.7 Å². The Morgan fingerprint density at radius 1 is 1.47 bits per heavy atom. The van der Waals surface area contributed by atoms with Crippen LogP contribution in [0, 0.1) is 11.3 Å². The van der Waals surface area contributed by atoms with E-state index in [9.17, 15) is 4.79 Å². The van der Waals surface area contributed by atoms with Gasteiger partial charge in [0.2, 0.25) is 0 Å². The first-order valence-corrected chi connectivity index (χ1v) is 7.56. The molecule has 1 aromatic carbocycles. The van der Waals surface area contributed by atoms with Crippen LogP contribution >= 0.6 is 15.9 Å². The summed E-state index contributed by atoms with van der Waals surface area (Å²) in [7, 11) is 1.62. The molecule has 2 aliphatic rings. The van der Waals surface area contributed by atoms with Crippen molar-refractivity contribution < 1.29 is 9.53 Å². The standard InChI is InChI=1S/C15H18BrNO2/c1-19-13-5-2-10(8-12(13)16)14(18)17-9-15(6-7-15)11-3-4-11/h2,5,8,11H,3-4,6-7,9H2,1H3,(H,17,18). The lowest BCUT2D eigenvalue weighted by atomic mass is 10.0. The highest BCUT2D eigenvalue weighted by molar-refractivity contribution is 9.10. The summed E-state index contributed by atoms with van der Waals surface area (Å²) in [5, 5.41) is 3.09. The highest BCUT2D eigenvalue weighted by Crippen LogP contribution is 2.60. The Balaban J connectivity index is 1.62. The number of benzene rings is 1. The quantitative estimate of drug-likeness (QED) is 0.902. The normalized spacial score (nSPS) is 19.9. The van der Waals surface area contributed by atoms with Crippen molar-refractivity contribution in [3.8, 4) is 5.75 Å². The Kier molecular flexibility index (Phi) is 3.29. The molecule has 0 atom stereocenters. The molecule has 0 radical (unpaired) electrons. The van der Waals surface area contributed by atoms with Crippen LogP contribution in [-0.4, -0.2) is 19.6 Å². The van der Waals surface area contributed by atoms with E-state index < -0.39 is 0 Å². The smallest absolute Gasteiger partial charge is 0.251 e. The van der Waals surface area contributed by atoms with E-state index in [1.54, 1.807) is 13.2 Å². The third-order valence-electron chi connectivity index (χ3n) is 4.35. The summed E-state index contributed by atoms with van der Waals surface area (Å²) in [5.41, 5.74) is 1.12. The number of amides is 1. The van der Waals surface area contributed by atoms with Gasteiger partial charge in [0.15, 0.2) is 0 Å². The molecule has 2 fully saturated rings. The summed E-state index contributed by atoms with van der Waals surface area (Å²) in [6.07, 6.45) is 5.27. The predicted octanol–water partition coefficient (Wildman–Crippen LogP) is 3.38. The van der Waals surface area contributed by atoms with Crippen LogP contribution in [0.3, 0.4) is 0 Å². The van der Waals surface area contributed by atoms with Gasteiger partial charge in [-0.25, -0.2) is 0 Å². The minimum absolute atomic E-state index is 0.00952. The number of carbonyl (C=O) groups is 1. The summed E-state index contributed by atoms with van der Waals surface area (Å²) < 4.78 is 5.98. The van der Waals surface area contributed by atoms with Crippen molar-refractivity contribution in [1.82, 2.24) is 5.32 Å². The van der Waals surface area contributed by atoms with Crippen LogP contribution in [0.5, 0.6) is 5.75 Å². The van der Waals surface area contributed by atoms with E-state index in [-0.39, 0.29) is 5.91 Å². The fourth-order valence-corrected chi connectivity index (χ4v) is 3.29. The molecule has 3 nitrogen and oxygen atoms in total. The second-order valence-electron chi connectivity index (χ2n) is 5.67. The number of ether oxygens (including phenoxy) is 1. The van der Waals surface area contributed by atoms with Gasteiger partial charge in [-0.05, 0) is 71.1 Å². The summed E-state index contributed by atoms with van der Waals surface area (Å²) in [4.78, 5) is 12.1. The molecule has 4 heteroatoms. The zero-order valence-electron chi connectivity index (χ0n) is 11.0. The number of rotatable bonds is 5. The third-order valence-corrected chi connectivity index (χ3v) is 4.97. The molecule has 1 N–H and O–H groups in total. The van der Waals surface area contributed by atoms with Gasteiger partial charge in [0.1, 0.15) is 5.75 Å². The Morgan fingerprint density at radius 3 is 2.74 bits per heavy atom. The summed E-state index contributed by atoms with van der Waals surface area (Å²) in [6.45, 7) is 0.833. The highest BCUT2D eigenvalue weighted by atomic mass is 79.9. The van der Waals surface area contributed by atoms with Gasteiger partial charge < -0.3 is 10.1 Å². The molecule has 0 aliphatic heterocycles. The summed E-state index contributed by atoms with van der Waals surface area (Å²) in [6, 6.07) is 5.42. The molecule has 0 aromatic heterocycles. The van der Waals surface area contributed by atoms with Gasteiger partial charge in [-0.15, -0.1) is 0 Å². The van der Waals surface area contributed by atoms with Crippen molar-refractivity contribution in [3.05, 3.63) is 28.2 Å². The molecule has 2 aliphatic carbocycles. The minimum Gasteiger partial charge on any atom is -0.496 e. The lowest BCUT2D eigenvalue weighted by Gasteiger charge is -2.15. The van der Waals surface area contributed by atoms with Gasteiger partial charge in [0, 0.05) is 12.1 Å². The van der Waals surface area contributed by atoms with Crippen LogP contribution in [0.1, 0.15) is 36.0 Å². The molecule has 3 rings (SSSR count). The molecular weight excluding hydrogens is 306 g/mol. The van der Waals surface area contributed by atoms with Crippen molar-refractivity contribution in [2.75, 3.05) is 13.7 Å². The van der Waals surface area contributed by atoms with Gasteiger partial charge in [-0.2, -0.15) is 0 Å². The molecule has 0 spiro atoms. The number of hydrogen-bond donors (Lipinski definition) is 1. The van der Waals surface area contributed by atoms with Crippen molar-refractivity contribution in [3.63, 3.8) is 0 Å². The molecule has 0 unspecified atom stereocenters. The number of carbonyl (C=O) groups excluding carboxylic acids is 1. The van der Waals surface area contributed by atoms with Crippen LogP contribution in [-0.2, 0) is 0 Å². The first-order chi connectivity index (χ1) is 9.14. The maximum Gasteiger partial charge on any atom is 0.251 e. The van der Waals surface area contributed by atoms with Crippen LogP contribution in [0.25, 0.3) is 0 Å². The third kappa shape index (κ3) is 2.64. The van der Waals surface area contributed by atoms with Gasteiger partial charge in [-0.1, -0.05) is 0 Å². The Morgan fingerprint density at radius 2 is 2.21 bits per heavy atom. The van der Waals surface area contributed by atoms with E-state index >= 15 is 0 Å². The molecule has 102 valence electrons. The molecule has 0 saturated heterocycles. The SMILES string of the molecule is COc1ccc(C(=O)NCC2(C3CC3)CC2)cc1Br.